The van der Waals surface area contributed by atoms with Crippen LogP contribution in [0.2, 0.25) is 0 Å². The number of thioether (sulfide) groups is 1. The smallest absolute Gasteiger partial charge is 0.387 e. The number of carbonyl (C=O) groups is 1. The Morgan fingerprint density at radius 2 is 1.67 bits per heavy atom. The minimum absolute atomic E-state index is 0.0357. The van der Waals surface area contributed by atoms with Crippen LogP contribution in [0.4, 0.5) is 8.78 Å². The van der Waals surface area contributed by atoms with Gasteiger partial charge in [-0.15, -0.1) is 11.8 Å². The maximum atomic E-state index is 12.3. The number of hydrogen-bond acceptors (Lipinski definition) is 3. The molecule has 24 heavy (non-hydrogen) atoms. The number of halogens is 2. The number of alkyl halides is 2. The van der Waals surface area contributed by atoms with Crippen molar-refractivity contribution < 1.29 is 18.3 Å². The van der Waals surface area contributed by atoms with Crippen molar-refractivity contribution in [1.29, 1.82) is 0 Å². The number of nitrogens with zero attached hydrogens (tertiary/aromatic N) is 1. The van der Waals surface area contributed by atoms with E-state index in [1.807, 2.05) is 30.5 Å². The topological polar surface area (TPSA) is 29.5 Å². The fourth-order valence-corrected chi connectivity index (χ4v) is 2.60. The van der Waals surface area contributed by atoms with Crippen LogP contribution in [-0.2, 0) is 17.8 Å². The fourth-order valence-electron chi connectivity index (χ4n) is 2.19. The van der Waals surface area contributed by atoms with Gasteiger partial charge in [0.2, 0.25) is 5.91 Å². The first-order valence-electron chi connectivity index (χ1n) is 7.38. The summed E-state index contributed by atoms with van der Waals surface area (Å²) in [5.41, 5.74) is 1.82. The van der Waals surface area contributed by atoms with Crippen LogP contribution in [0.5, 0.6) is 5.75 Å². The van der Waals surface area contributed by atoms with Gasteiger partial charge in [-0.3, -0.25) is 4.79 Å². The largest absolute Gasteiger partial charge is 0.435 e. The molecule has 2 aromatic carbocycles. The first-order chi connectivity index (χ1) is 11.5. The molecule has 2 rings (SSSR count). The Morgan fingerprint density at radius 3 is 2.21 bits per heavy atom. The molecule has 2 aromatic rings. The van der Waals surface area contributed by atoms with Crippen LogP contribution in [0.15, 0.2) is 53.4 Å². The van der Waals surface area contributed by atoms with E-state index >= 15 is 0 Å². The average molecular weight is 351 g/mol. The molecule has 0 saturated carbocycles. The Kier molecular flexibility index (Phi) is 6.61. The SMILES string of the molecule is CSc1ccc(CN(C)C(=O)Cc2ccc(OC(F)F)cc2)cc1. The van der Waals surface area contributed by atoms with E-state index in [1.165, 1.54) is 17.0 Å². The van der Waals surface area contributed by atoms with E-state index in [1.54, 1.807) is 35.8 Å². The van der Waals surface area contributed by atoms with Crippen molar-refractivity contribution in [2.24, 2.45) is 0 Å². The lowest BCUT2D eigenvalue weighted by molar-refractivity contribution is -0.129. The molecule has 0 saturated heterocycles. The highest BCUT2D eigenvalue weighted by Gasteiger charge is 2.11. The average Bonchev–Trinajstić information content (AvgIpc) is 2.56. The lowest BCUT2D eigenvalue weighted by Gasteiger charge is -2.17. The Morgan fingerprint density at radius 1 is 1.08 bits per heavy atom. The van der Waals surface area contributed by atoms with Crippen molar-refractivity contribution in [3.63, 3.8) is 0 Å². The highest BCUT2D eigenvalue weighted by atomic mass is 32.2. The predicted molar refractivity (Wildman–Crippen MR) is 91.5 cm³/mol. The molecule has 1 amide bonds. The normalized spacial score (nSPS) is 10.7. The standard InChI is InChI=1S/C18H19F2NO2S/c1-21(12-14-5-9-16(24-2)10-6-14)17(22)11-13-3-7-15(8-4-13)23-18(19)20/h3-10,18H,11-12H2,1-2H3. The quantitative estimate of drug-likeness (QED) is 0.700. The third-order valence-electron chi connectivity index (χ3n) is 3.51. The first kappa shape index (κ1) is 18.3. The predicted octanol–water partition coefficient (Wildman–Crippen LogP) is 4.21. The Bertz CT molecular complexity index is 660. The zero-order chi connectivity index (χ0) is 17.5. The molecule has 0 unspecified atom stereocenters. The second-order valence-electron chi connectivity index (χ2n) is 5.30. The number of hydrogen-bond donors (Lipinski definition) is 0. The number of amides is 1. The van der Waals surface area contributed by atoms with Gasteiger partial charge < -0.3 is 9.64 Å². The minimum atomic E-state index is -2.85. The van der Waals surface area contributed by atoms with Gasteiger partial charge in [-0.1, -0.05) is 24.3 Å². The molecule has 128 valence electrons. The van der Waals surface area contributed by atoms with E-state index in [-0.39, 0.29) is 18.1 Å². The maximum absolute atomic E-state index is 12.3. The third-order valence-corrected chi connectivity index (χ3v) is 4.25. The molecule has 0 aliphatic heterocycles. The Labute approximate surface area is 144 Å². The van der Waals surface area contributed by atoms with E-state index < -0.39 is 6.61 Å². The van der Waals surface area contributed by atoms with Crippen LogP contribution < -0.4 is 4.74 Å². The lowest BCUT2D eigenvalue weighted by Crippen LogP contribution is -2.27. The van der Waals surface area contributed by atoms with Gasteiger partial charge in [0, 0.05) is 18.5 Å². The maximum Gasteiger partial charge on any atom is 0.387 e. The summed E-state index contributed by atoms with van der Waals surface area (Å²) in [5.74, 6) is 0.0508. The molecular weight excluding hydrogens is 332 g/mol. The minimum Gasteiger partial charge on any atom is -0.435 e. The molecule has 0 aliphatic carbocycles. The van der Waals surface area contributed by atoms with Gasteiger partial charge in [-0.2, -0.15) is 8.78 Å². The summed E-state index contributed by atoms with van der Waals surface area (Å²) in [7, 11) is 1.75. The second kappa shape index (κ2) is 8.68. The third kappa shape index (κ3) is 5.53. The van der Waals surface area contributed by atoms with E-state index in [0.717, 1.165) is 11.1 Å². The summed E-state index contributed by atoms with van der Waals surface area (Å²) in [6.07, 6.45) is 2.23. The Balaban J connectivity index is 1.90. The summed E-state index contributed by atoms with van der Waals surface area (Å²) >= 11 is 1.67. The van der Waals surface area contributed by atoms with Crippen LogP contribution in [0, 0.1) is 0 Å². The Hall–Kier alpha value is -2.08. The molecule has 3 nitrogen and oxygen atoms in total. The van der Waals surface area contributed by atoms with E-state index in [0.29, 0.717) is 6.54 Å². The second-order valence-corrected chi connectivity index (χ2v) is 6.18. The van der Waals surface area contributed by atoms with Crippen molar-refractivity contribution >= 4 is 17.7 Å². The fraction of sp³-hybridized carbons (Fsp3) is 0.278. The van der Waals surface area contributed by atoms with Gasteiger partial charge >= 0.3 is 6.61 Å². The van der Waals surface area contributed by atoms with Crippen molar-refractivity contribution in [3.05, 3.63) is 59.7 Å². The molecular formula is C18H19F2NO2S. The van der Waals surface area contributed by atoms with Crippen molar-refractivity contribution in [2.75, 3.05) is 13.3 Å². The van der Waals surface area contributed by atoms with Gasteiger partial charge in [0.1, 0.15) is 5.75 Å². The molecule has 0 radical (unpaired) electrons. The molecule has 0 fully saturated rings. The lowest BCUT2D eigenvalue weighted by atomic mass is 10.1. The number of benzene rings is 2. The molecule has 6 heteroatoms. The summed E-state index contributed by atoms with van der Waals surface area (Å²) in [4.78, 5) is 15.1. The molecule has 0 N–H and O–H groups in total. The molecule has 0 atom stereocenters. The number of likely N-dealkylation sites (N-methyl/N-ethyl adjacent to an activating group) is 1. The van der Waals surface area contributed by atoms with Gasteiger partial charge in [0.25, 0.3) is 0 Å². The highest BCUT2D eigenvalue weighted by Crippen LogP contribution is 2.17. The van der Waals surface area contributed by atoms with Crippen LogP contribution >= 0.6 is 11.8 Å². The van der Waals surface area contributed by atoms with Crippen LogP contribution in [0.25, 0.3) is 0 Å². The molecule has 0 bridgehead atoms. The summed E-state index contributed by atoms with van der Waals surface area (Å²) in [6.45, 7) is -2.32. The van der Waals surface area contributed by atoms with E-state index in [2.05, 4.69) is 4.74 Å². The van der Waals surface area contributed by atoms with E-state index in [9.17, 15) is 13.6 Å². The number of ether oxygens (including phenoxy) is 1. The zero-order valence-electron chi connectivity index (χ0n) is 13.5. The molecule has 0 spiro atoms. The monoisotopic (exact) mass is 351 g/mol. The molecule has 0 aliphatic rings. The van der Waals surface area contributed by atoms with Gasteiger partial charge in [-0.25, -0.2) is 0 Å². The van der Waals surface area contributed by atoms with E-state index in [4.69, 9.17) is 0 Å². The zero-order valence-corrected chi connectivity index (χ0v) is 14.4. The first-order valence-corrected chi connectivity index (χ1v) is 8.61. The van der Waals surface area contributed by atoms with Crippen molar-refractivity contribution in [1.82, 2.24) is 4.90 Å². The van der Waals surface area contributed by atoms with Crippen molar-refractivity contribution in [2.45, 2.75) is 24.5 Å². The van der Waals surface area contributed by atoms with Crippen LogP contribution in [0.3, 0.4) is 0 Å². The van der Waals surface area contributed by atoms with Crippen LogP contribution in [0.1, 0.15) is 11.1 Å². The van der Waals surface area contributed by atoms with Crippen LogP contribution in [-0.4, -0.2) is 30.7 Å². The molecule has 0 heterocycles. The van der Waals surface area contributed by atoms with Gasteiger partial charge in [-0.05, 0) is 41.6 Å². The highest BCUT2D eigenvalue weighted by molar-refractivity contribution is 7.98. The summed E-state index contributed by atoms with van der Waals surface area (Å²) < 4.78 is 28.5. The summed E-state index contributed by atoms with van der Waals surface area (Å²) in [5, 5.41) is 0. The number of rotatable bonds is 7. The summed E-state index contributed by atoms with van der Waals surface area (Å²) in [6, 6.07) is 14.2. The van der Waals surface area contributed by atoms with Gasteiger partial charge in [0.05, 0.1) is 6.42 Å². The van der Waals surface area contributed by atoms with Gasteiger partial charge in [0.15, 0.2) is 0 Å². The van der Waals surface area contributed by atoms with Crippen molar-refractivity contribution in [3.8, 4) is 5.75 Å². The molecule has 0 aromatic heterocycles. The number of carbonyl (C=O) groups excluding carboxylic acids is 1.